The van der Waals surface area contributed by atoms with Crippen molar-refractivity contribution in [3.05, 3.63) is 88.7 Å². The summed E-state index contributed by atoms with van der Waals surface area (Å²) in [6.07, 6.45) is 3.10. The van der Waals surface area contributed by atoms with Gasteiger partial charge in [0.15, 0.2) is 0 Å². The number of methoxy groups -OCH3 is 1. The SMILES string of the molecule is CCOC(=O)Cc1c(/C=C/Nc2cccc(C[C@H](NC(=O)OC(C)(C)C)C(=O)N(C)c3ccc(Cl)cc3)c2)[nH]c2ccc(OC)nc12. The van der Waals surface area contributed by atoms with Gasteiger partial charge < -0.3 is 34.7 Å². The van der Waals surface area contributed by atoms with Crippen LogP contribution in [-0.2, 0) is 31.9 Å². The largest absolute Gasteiger partial charge is 0.481 e. The van der Waals surface area contributed by atoms with Crippen molar-refractivity contribution < 1.29 is 28.6 Å². The van der Waals surface area contributed by atoms with Crippen molar-refractivity contribution in [3.8, 4) is 5.88 Å². The number of hydrogen-bond acceptors (Lipinski definition) is 8. The maximum Gasteiger partial charge on any atom is 0.408 e. The smallest absolute Gasteiger partial charge is 0.408 e. The lowest BCUT2D eigenvalue weighted by atomic mass is 10.0. The second kappa shape index (κ2) is 15.5. The highest BCUT2D eigenvalue weighted by Gasteiger charge is 2.28. The number of hydrogen-bond donors (Lipinski definition) is 3. The van der Waals surface area contributed by atoms with Crippen LogP contribution in [0.25, 0.3) is 17.1 Å². The van der Waals surface area contributed by atoms with Crippen LogP contribution >= 0.6 is 11.6 Å². The van der Waals surface area contributed by atoms with Gasteiger partial charge in [-0.15, -0.1) is 0 Å². The summed E-state index contributed by atoms with van der Waals surface area (Å²) < 4.78 is 15.9. The van der Waals surface area contributed by atoms with Gasteiger partial charge in [0.05, 0.1) is 31.2 Å². The highest BCUT2D eigenvalue weighted by Crippen LogP contribution is 2.26. The third-order valence-electron chi connectivity index (χ3n) is 6.99. The first-order valence-corrected chi connectivity index (χ1v) is 15.5. The summed E-state index contributed by atoms with van der Waals surface area (Å²) in [5.41, 5.74) is 4.18. The van der Waals surface area contributed by atoms with Crippen molar-refractivity contribution in [2.45, 2.75) is 52.2 Å². The number of fused-ring (bicyclic) bond motifs is 1. The van der Waals surface area contributed by atoms with Gasteiger partial charge >= 0.3 is 12.1 Å². The Kier molecular flexibility index (Phi) is 11.5. The molecule has 3 N–H and O–H groups in total. The summed E-state index contributed by atoms with van der Waals surface area (Å²) in [4.78, 5) is 48.1. The Morgan fingerprint density at radius 2 is 1.83 bits per heavy atom. The zero-order valence-corrected chi connectivity index (χ0v) is 28.1. The van der Waals surface area contributed by atoms with Crippen molar-refractivity contribution in [2.24, 2.45) is 0 Å². The number of carbonyl (C=O) groups excluding carboxylic acids is 3. The molecule has 11 nitrogen and oxygen atoms in total. The third-order valence-corrected chi connectivity index (χ3v) is 7.24. The summed E-state index contributed by atoms with van der Waals surface area (Å²) in [7, 11) is 3.18. The van der Waals surface area contributed by atoms with Crippen LogP contribution in [0.1, 0.15) is 44.5 Å². The van der Waals surface area contributed by atoms with Crippen molar-refractivity contribution in [1.29, 1.82) is 0 Å². The van der Waals surface area contributed by atoms with Gasteiger partial charge in [0.2, 0.25) is 11.8 Å². The van der Waals surface area contributed by atoms with Crippen LogP contribution in [0, 0.1) is 0 Å². The zero-order chi connectivity index (χ0) is 34.1. The van der Waals surface area contributed by atoms with Crippen LogP contribution in [0.2, 0.25) is 5.02 Å². The standard InChI is InChI=1S/C35H40ClN5O6/c1-7-46-31(42)21-26-27(38-28-15-16-30(45-6)40-32(26)28)17-18-37-24-10-8-9-22(19-24)20-29(39-34(44)47-35(2,3)4)33(43)41(5)25-13-11-23(36)12-14-25/h8-19,29,37-38H,7,20-21H2,1-6H3,(H,39,44)/b18-17+/t29-/m0/s1. The summed E-state index contributed by atoms with van der Waals surface area (Å²) in [5, 5.41) is 6.55. The topological polar surface area (TPSA) is 135 Å². The summed E-state index contributed by atoms with van der Waals surface area (Å²) in [6, 6.07) is 17.0. The van der Waals surface area contributed by atoms with Gasteiger partial charge in [-0.25, -0.2) is 9.78 Å². The quantitative estimate of drug-likeness (QED) is 0.146. The molecule has 0 bridgehead atoms. The molecule has 0 aliphatic carbocycles. The van der Waals surface area contributed by atoms with Gasteiger partial charge in [-0.3, -0.25) is 9.59 Å². The number of pyridine rings is 1. The average Bonchev–Trinajstić information content (AvgIpc) is 3.35. The minimum absolute atomic E-state index is 0.0354. The van der Waals surface area contributed by atoms with Crippen LogP contribution in [0.3, 0.4) is 0 Å². The number of amides is 2. The van der Waals surface area contributed by atoms with Gasteiger partial charge in [-0.05, 0) is 81.8 Å². The number of anilines is 2. The number of nitrogens with one attached hydrogen (secondary N) is 3. The van der Waals surface area contributed by atoms with Crippen molar-refractivity contribution in [2.75, 3.05) is 31.0 Å². The molecule has 0 unspecified atom stereocenters. The van der Waals surface area contributed by atoms with Gasteiger partial charge in [-0.1, -0.05) is 23.7 Å². The number of carbonyl (C=O) groups is 3. The van der Waals surface area contributed by atoms with E-state index in [9.17, 15) is 14.4 Å². The predicted molar refractivity (Wildman–Crippen MR) is 184 cm³/mol. The second-order valence-corrected chi connectivity index (χ2v) is 12.1. The number of aromatic nitrogens is 2. The number of ether oxygens (including phenoxy) is 3. The minimum atomic E-state index is -0.919. The third kappa shape index (κ3) is 9.73. The number of rotatable bonds is 12. The van der Waals surface area contributed by atoms with E-state index in [1.165, 1.54) is 12.0 Å². The highest BCUT2D eigenvalue weighted by atomic mass is 35.5. The molecule has 4 aromatic rings. The number of likely N-dealkylation sites (N-methyl/N-ethyl adjacent to an activating group) is 1. The first-order chi connectivity index (χ1) is 22.4. The number of benzene rings is 2. The molecule has 47 heavy (non-hydrogen) atoms. The number of nitrogens with zero attached hydrogens (tertiary/aromatic N) is 2. The van der Waals surface area contributed by atoms with E-state index < -0.39 is 17.7 Å². The molecule has 0 aliphatic heterocycles. The Labute approximate surface area is 279 Å². The van der Waals surface area contributed by atoms with Crippen molar-refractivity contribution in [1.82, 2.24) is 15.3 Å². The van der Waals surface area contributed by atoms with E-state index in [4.69, 9.17) is 25.8 Å². The summed E-state index contributed by atoms with van der Waals surface area (Å²) in [6.45, 7) is 7.31. The maximum atomic E-state index is 13.7. The maximum absolute atomic E-state index is 13.7. The second-order valence-electron chi connectivity index (χ2n) is 11.7. The Morgan fingerprint density at radius 1 is 1.09 bits per heavy atom. The molecule has 1 atom stereocenters. The van der Waals surface area contributed by atoms with E-state index in [1.807, 2.05) is 36.4 Å². The van der Waals surface area contributed by atoms with Crippen LogP contribution in [-0.4, -0.2) is 60.3 Å². The molecule has 2 amide bonds. The van der Waals surface area contributed by atoms with Gasteiger partial charge in [0, 0.05) is 53.4 Å². The van der Waals surface area contributed by atoms with E-state index in [2.05, 4.69) is 20.6 Å². The fourth-order valence-corrected chi connectivity index (χ4v) is 4.96. The summed E-state index contributed by atoms with van der Waals surface area (Å²) >= 11 is 6.04. The molecule has 0 aliphatic rings. The van der Waals surface area contributed by atoms with E-state index in [0.29, 0.717) is 33.4 Å². The Morgan fingerprint density at radius 3 is 2.51 bits per heavy atom. The number of alkyl carbamates (subject to hydrolysis) is 1. The monoisotopic (exact) mass is 661 g/mol. The van der Waals surface area contributed by atoms with Crippen LogP contribution < -0.4 is 20.3 Å². The van der Waals surface area contributed by atoms with E-state index in [-0.39, 0.29) is 31.3 Å². The molecule has 248 valence electrons. The molecule has 0 fully saturated rings. The molecule has 4 rings (SSSR count). The molecule has 12 heteroatoms. The number of H-pyrrole nitrogens is 1. The number of halogens is 1. The van der Waals surface area contributed by atoms with Gasteiger partial charge in [0.1, 0.15) is 11.6 Å². The highest BCUT2D eigenvalue weighted by molar-refractivity contribution is 6.30. The lowest BCUT2D eigenvalue weighted by molar-refractivity contribution is -0.142. The van der Waals surface area contributed by atoms with Crippen LogP contribution in [0.15, 0.2) is 66.9 Å². The molecule has 0 saturated carbocycles. The molecular weight excluding hydrogens is 622 g/mol. The number of esters is 1. The first-order valence-electron chi connectivity index (χ1n) is 15.1. The van der Waals surface area contributed by atoms with Crippen molar-refractivity contribution >= 4 is 58.1 Å². The molecule has 0 radical (unpaired) electrons. The minimum Gasteiger partial charge on any atom is -0.481 e. The average molecular weight is 662 g/mol. The van der Waals surface area contributed by atoms with Crippen molar-refractivity contribution in [3.63, 3.8) is 0 Å². The molecule has 2 heterocycles. The Hall–Kier alpha value is -5.03. The zero-order valence-electron chi connectivity index (χ0n) is 27.3. The normalized spacial score (nSPS) is 12.1. The molecule has 2 aromatic carbocycles. The first kappa shape index (κ1) is 34.8. The summed E-state index contributed by atoms with van der Waals surface area (Å²) in [5.74, 6) is -0.252. The molecule has 0 spiro atoms. The van der Waals surface area contributed by atoms with Gasteiger partial charge in [-0.2, -0.15) is 0 Å². The fraction of sp³-hybridized carbons (Fsp3) is 0.314. The predicted octanol–water partition coefficient (Wildman–Crippen LogP) is 6.51. The van der Waals surface area contributed by atoms with Gasteiger partial charge in [0.25, 0.3) is 0 Å². The fourth-order valence-electron chi connectivity index (χ4n) is 4.83. The van der Waals surface area contributed by atoms with Crippen LogP contribution in [0.5, 0.6) is 5.88 Å². The lowest BCUT2D eigenvalue weighted by Gasteiger charge is -2.27. The molecule has 0 saturated heterocycles. The number of aromatic amines is 1. The van der Waals surface area contributed by atoms with Crippen LogP contribution in [0.4, 0.5) is 16.2 Å². The molecule has 2 aromatic heterocycles. The van der Waals surface area contributed by atoms with E-state index in [0.717, 1.165) is 16.8 Å². The molecular formula is C35H40ClN5O6. The van der Waals surface area contributed by atoms with E-state index >= 15 is 0 Å². The Bertz CT molecular complexity index is 1750. The Balaban J connectivity index is 1.55. The lowest BCUT2D eigenvalue weighted by Crippen LogP contribution is -2.50. The van der Waals surface area contributed by atoms with E-state index in [1.54, 1.807) is 71.3 Å².